The van der Waals surface area contributed by atoms with Gasteiger partial charge in [0.1, 0.15) is 11.4 Å². The lowest BCUT2D eigenvalue weighted by Gasteiger charge is -2.13. The number of ether oxygens (including phenoxy) is 2. The molecule has 4 rings (SSSR count). The molecule has 4 aromatic rings. The third-order valence-corrected chi connectivity index (χ3v) is 6.18. The van der Waals surface area contributed by atoms with Crippen molar-refractivity contribution in [1.29, 1.82) is 0 Å². The first-order valence-electron chi connectivity index (χ1n) is 8.49. The Morgan fingerprint density at radius 2 is 1.86 bits per heavy atom. The second kappa shape index (κ2) is 8.20. The van der Waals surface area contributed by atoms with Crippen LogP contribution in [0.5, 0.6) is 11.5 Å². The molecule has 0 saturated heterocycles. The van der Waals surface area contributed by atoms with Crippen LogP contribution in [0.15, 0.2) is 64.5 Å². The molecule has 0 radical (unpaired) electrons. The molecule has 0 aliphatic rings. The molecule has 0 aliphatic heterocycles. The number of fused-ring (bicyclic) bond motifs is 1. The second-order valence-electron chi connectivity index (χ2n) is 5.87. The molecule has 2 heterocycles. The number of halogens is 1. The van der Waals surface area contributed by atoms with Gasteiger partial charge in [0.2, 0.25) is 0 Å². The number of hydrogen-bond acceptors (Lipinski definition) is 6. The van der Waals surface area contributed by atoms with E-state index in [0.717, 1.165) is 31.8 Å². The van der Waals surface area contributed by atoms with Crippen LogP contribution in [0.3, 0.4) is 0 Å². The highest BCUT2D eigenvalue weighted by Gasteiger charge is 2.15. The molecular formula is C20H17BrN4O2S. The van der Waals surface area contributed by atoms with E-state index in [1.165, 1.54) is 0 Å². The van der Waals surface area contributed by atoms with Crippen molar-refractivity contribution >= 4 is 38.7 Å². The van der Waals surface area contributed by atoms with Gasteiger partial charge in [0.25, 0.3) is 0 Å². The Kier molecular flexibility index (Phi) is 5.50. The summed E-state index contributed by atoms with van der Waals surface area (Å²) in [4.78, 5) is 8.89. The molecule has 0 N–H and O–H groups in total. The molecule has 0 bridgehead atoms. The number of para-hydroxylation sites is 1. The van der Waals surface area contributed by atoms with Crippen LogP contribution in [0.2, 0.25) is 0 Å². The highest BCUT2D eigenvalue weighted by atomic mass is 79.9. The molecule has 2 aromatic heterocycles. The minimum absolute atomic E-state index is 0.685. The van der Waals surface area contributed by atoms with Crippen molar-refractivity contribution in [2.45, 2.75) is 10.8 Å². The molecule has 0 fully saturated rings. The summed E-state index contributed by atoms with van der Waals surface area (Å²) in [5, 5.41) is 6.31. The average Bonchev–Trinajstić information content (AvgIpc) is 3.18. The SMILES string of the molecule is COc1ccc(CSc2ncnc3c2cnn3-c2ccccc2)c(Br)c1OC. The average molecular weight is 457 g/mol. The molecule has 2 aromatic carbocycles. The van der Waals surface area contributed by atoms with Crippen LogP contribution >= 0.6 is 27.7 Å². The predicted molar refractivity (Wildman–Crippen MR) is 113 cm³/mol. The minimum atomic E-state index is 0.685. The van der Waals surface area contributed by atoms with Crippen LogP contribution in [0.1, 0.15) is 5.56 Å². The first-order valence-corrected chi connectivity index (χ1v) is 10.3. The molecule has 0 spiro atoms. The maximum absolute atomic E-state index is 5.46. The zero-order valence-electron chi connectivity index (χ0n) is 15.3. The summed E-state index contributed by atoms with van der Waals surface area (Å²) in [6.07, 6.45) is 3.39. The minimum Gasteiger partial charge on any atom is -0.493 e. The number of thioether (sulfide) groups is 1. The van der Waals surface area contributed by atoms with Crippen LogP contribution in [0, 0.1) is 0 Å². The number of aromatic nitrogens is 4. The smallest absolute Gasteiger partial charge is 0.175 e. The lowest BCUT2D eigenvalue weighted by atomic mass is 10.2. The van der Waals surface area contributed by atoms with Crippen LogP contribution in [0.4, 0.5) is 0 Å². The molecule has 0 aliphatic carbocycles. The molecule has 6 nitrogen and oxygen atoms in total. The van der Waals surface area contributed by atoms with Gasteiger partial charge in [-0.05, 0) is 39.7 Å². The zero-order valence-corrected chi connectivity index (χ0v) is 17.7. The molecule has 8 heteroatoms. The van der Waals surface area contributed by atoms with E-state index in [9.17, 15) is 0 Å². The van der Waals surface area contributed by atoms with Gasteiger partial charge in [-0.15, -0.1) is 11.8 Å². The van der Waals surface area contributed by atoms with Gasteiger partial charge < -0.3 is 9.47 Å². The van der Waals surface area contributed by atoms with Crippen molar-refractivity contribution < 1.29 is 9.47 Å². The number of hydrogen-bond donors (Lipinski definition) is 0. The highest BCUT2D eigenvalue weighted by molar-refractivity contribution is 9.10. The number of methoxy groups -OCH3 is 2. The maximum atomic E-state index is 5.46. The third kappa shape index (κ3) is 3.45. The topological polar surface area (TPSA) is 62.1 Å². The standard InChI is InChI=1S/C20H17BrN4O2S/c1-26-16-9-8-13(17(21)18(16)27-2)11-28-20-15-10-24-25(19(15)22-12-23-20)14-6-4-3-5-7-14/h3-10,12H,11H2,1-2H3. The molecule has 0 amide bonds. The molecule has 142 valence electrons. The van der Waals surface area contributed by atoms with Crippen LogP contribution in [-0.4, -0.2) is 34.0 Å². The maximum Gasteiger partial charge on any atom is 0.175 e. The molecule has 28 heavy (non-hydrogen) atoms. The second-order valence-corrected chi connectivity index (χ2v) is 7.63. The van der Waals surface area contributed by atoms with E-state index in [-0.39, 0.29) is 0 Å². The molecule has 0 unspecified atom stereocenters. The summed E-state index contributed by atoms with van der Waals surface area (Å²) >= 11 is 5.25. The Labute approximate surface area is 175 Å². The fourth-order valence-corrected chi connectivity index (χ4v) is 4.65. The van der Waals surface area contributed by atoms with Crippen molar-refractivity contribution in [2.75, 3.05) is 14.2 Å². The number of nitrogens with zero attached hydrogens (tertiary/aromatic N) is 4. The van der Waals surface area contributed by atoms with E-state index in [1.807, 2.05) is 53.3 Å². The van der Waals surface area contributed by atoms with Crippen molar-refractivity contribution in [3.05, 3.63) is 65.0 Å². The van der Waals surface area contributed by atoms with Crippen molar-refractivity contribution in [3.63, 3.8) is 0 Å². The van der Waals surface area contributed by atoms with Gasteiger partial charge in [0, 0.05) is 5.75 Å². The summed E-state index contributed by atoms with van der Waals surface area (Å²) in [6, 6.07) is 13.9. The van der Waals surface area contributed by atoms with E-state index in [1.54, 1.807) is 32.3 Å². The normalized spacial score (nSPS) is 11.0. The summed E-state index contributed by atoms with van der Waals surface area (Å²) < 4.78 is 13.5. The van der Waals surface area contributed by atoms with E-state index in [0.29, 0.717) is 17.3 Å². The Balaban J connectivity index is 1.64. The molecule has 0 atom stereocenters. The summed E-state index contributed by atoms with van der Waals surface area (Å²) in [5.41, 5.74) is 2.84. The van der Waals surface area contributed by atoms with Gasteiger partial charge in [0.15, 0.2) is 17.1 Å². The highest BCUT2D eigenvalue weighted by Crippen LogP contribution is 2.40. The van der Waals surface area contributed by atoms with Crippen molar-refractivity contribution in [3.8, 4) is 17.2 Å². The van der Waals surface area contributed by atoms with Crippen molar-refractivity contribution in [1.82, 2.24) is 19.7 Å². The van der Waals surface area contributed by atoms with Gasteiger partial charge in [0.05, 0.1) is 36.0 Å². The van der Waals surface area contributed by atoms with Gasteiger partial charge in [-0.25, -0.2) is 14.6 Å². The number of rotatable bonds is 6. The fourth-order valence-electron chi connectivity index (χ4n) is 2.88. The summed E-state index contributed by atoms with van der Waals surface area (Å²) in [5.74, 6) is 2.09. The van der Waals surface area contributed by atoms with Crippen LogP contribution < -0.4 is 9.47 Å². The first-order chi connectivity index (χ1) is 13.7. The largest absolute Gasteiger partial charge is 0.493 e. The van der Waals surface area contributed by atoms with Gasteiger partial charge in [-0.3, -0.25) is 0 Å². The monoisotopic (exact) mass is 456 g/mol. The summed E-state index contributed by atoms with van der Waals surface area (Å²) in [6.45, 7) is 0. The van der Waals surface area contributed by atoms with E-state index < -0.39 is 0 Å². The molecular weight excluding hydrogens is 440 g/mol. The van der Waals surface area contributed by atoms with Gasteiger partial charge in [-0.1, -0.05) is 24.3 Å². The lowest BCUT2D eigenvalue weighted by molar-refractivity contribution is 0.353. The predicted octanol–water partition coefficient (Wildman–Crippen LogP) is 4.89. The van der Waals surface area contributed by atoms with Gasteiger partial charge in [-0.2, -0.15) is 5.10 Å². The van der Waals surface area contributed by atoms with Crippen LogP contribution in [-0.2, 0) is 5.75 Å². The Morgan fingerprint density at radius 1 is 1.04 bits per heavy atom. The van der Waals surface area contributed by atoms with E-state index >= 15 is 0 Å². The Morgan fingerprint density at radius 3 is 2.61 bits per heavy atom. The Bertz CT molecular complexity index is 1120. The fraction of sp³-hybridized carbons (Fsp3) is 0.150. The lowest BCUT2D eigenvalue weighted by Crippen LogP contribution is -1.97. The van der Waals surface area contributed by atoms with Gasteiger partial charge >= 0.3 is 0 Å². The van der Waals surface area contributed by atoms with E-state index in [2.05, 4.69) is 31.0 Å². The molecule has 0 saturated carbocycles. The van der Waals surface area contributed by atoms with Crippen LogP contribution in [0.25, 0.3) is 16.7 Å². The Hall–Kier alpha value is -2.58. The summed E-state index contributed by atoms with van der Waals surface area (Å²) in [7, 11) is 3.26. The zero-order chi connectivity index (χ0) is 19.5. The quantitative estimate of drug-likeness (QED) is 0.304. The van der Waals surface area contributed by atoms with Crippen molar-refractivity contribution in [2.24, 2.45) is 0 Å². The van der Waals surface area contributed by atoms with E-state index in [4.69, 9.17) is 9.47 Å². The first kappa shape index (κ1) is 18.8. The number of benzene rings is 2. The third-order valence-electron chi connectivity index (χ3n) is 4.26.